The molecule has 1 heterocycles. The quantitative estimate of drug-likeness (QED) is 0.783. The Labute approximate surface area is 136 Å². The van der Waals surface area contributed by atoms with Crippen molar-refractivity contribution in [3.8, 4) is 0 Å². The van der Waals surface area contributed by atoms with Gasteiger partial charge in [-0.15, -0.1) is 0 Å². The second-order valence-corrected chi connectivity index (χ2v) is 6.14. The van der Waals surface area contributed by atoms with Gasteiger partial charge in [0.25, 0.3) is 5.91 Å². The predicted molar refractivity (Wildman–Crippen MR) is 86.5 cm³/mol. The Morgan fingerprint density at radius 3 is 2.48 bits per heavy atom. The van der Waals surface area contributed by atoms with Crippen LogP contribution in [0.2, 0.25) is 0 Å². The molecular formula is C17H23N3O3. The lowest BCUT2D eigenvalue weighted by Crippen LogP contribution is -2.45. The Hall–Kier alpha value is -2.37. The maximum Gasteiger partial charge on any atom is 0.325 e. The molecule has 6 heteroatoms. The van der Waals surface area contributed by atoms with E-state index in [-0.39, 0.29) is 18.4 Å². The second-order valence-electron chi connectivity index (χ2n) is 6.14. The summed E-state index contributed by atoms with van der Waals surface area (Å²) in [6.07, 6.45) is 0.422. The Balaban J connectivity index is 2.17. The fourth-order valence-corrected chi connectivity index (χ4v) is 2.65. The average Bonchev–Trinajstić information content (AvgIpc) is 2.79. The summed E-state index contributed by atoms with van der Waals surface area (Å²) in [7, 11) is 0. The SMILES string of the molecule is CC[C@]1(c2ccccc2)NC(=O)N(CC(=O)NCC(C)C)C1=O. The minimum Gasteiger partial charge on any atom is -0.354 e. The number of hydrogen-bond acceptors (Lipinski definition) is 3. The molecule has 0 saturated carbocycles. The van der Waals surface area contributed by atoms with Crippen LogP contribution in [-0.2, 0) is 15.1 Å². The van der Waals surface area contributed by atoms with Crippen LogP contribution >= 0.6 is 0 Å². The van der Waals surface area contributed by atoms with E-state index in [0.29, 0.717) is 18.9 Å². The van der Waals surface area contributed by atoms with Crippen LogP contribution in [0.1, 0.15) is 32.8 Å². The van der Waals surface area contributed by atoms with E-state index in [0.717, 1.165) is 10.5 Å². The Morgan fingerprint density at radius 1 is 1.26 bits per heavy atom. The number of imide groups is 1. The Morgan fingerprint density at radius 2 is 1.91 bits per heavy atom. The third-order valence-corrected chi connectivity index (χ3v) is 3.98. The molecule has 1 fully saturated rings. The van der Waals surface area contributed by atoms with Gasteiger partial charge < -0.3 is 10.6 Å². The molecule has 0 aromatic heterocycles. The van der Waals surface area contributed by atoms with Crippen LogP contribution in [-0.4, -0.2) is 35.8 Å². The van der Waals surface area contributed by atoms with Gasteiger partial charge in [0, 0.05) is 6.54 Å². The Kier molecular flexibility index (Phi) is 5.03. The van der Waals surface area contributed by atoms with Crippen LogP contribution in [0.25, 0.3) is 0 Å². The van der Waals surface area contributed by atoms with E-state index in [2.05, 4.69) is 10.6 Å². The van der Waals surface area contributed by atoms with Crippen molar-refractivity contribution in [2.75, 3.05) is 13.1 Å². The van der Waals surface area contributed by atoms with Crippen molar-refractivity contribution in [3.63, 3.8) is 0 Å². The highest BCUT2D eigenvalue weighted by atomic mass is 16.2. The fourth-order valence-electron chi connectivity index (χ4n) is 2.65. The van der Waals surface area contributed by atoms with Crippen LogP contribution in [0.3, 0.4) is 0 Å². The molecule has 2 rings (SSSR count). The first-order valence-corrected chi connectivity index (χ1v) is 7.87. The highest BCUT2D eigenvalue weighted by molar-refractivity contribution is 6.09. The van der Waals surface area contributed by atoms with Gasteiger partial charge in [0.15, 0.2) is 0 Å². The van der Waals surface area contributed by atoms with Crippen LogP contribution in [0.5, 0.6) is 0 Å². The molecule has 0 bridgehead atoms. The molecule has 1 aromatic rings. The fraction of sp³-hybridized carbons (Fsp3) is 0.471. The number of amides is 4. The predicted octanol–water partition coefficient (Wildman–Crippen LogP) is 1.62. The summed E-state index contributed by atoms with van der Waals surface area (Å²) in [6.45, 7) is 6.05. The largest absolute Gasteiger partial charge is 0.354 e. The summed E-state index contributed by atoms with van der Waals surface area (Å²) < 4.78 is 0. The first-order valence-electron chi connectivity index (χ1n) is 7.87. The van der Waals surface area contributed by atoms with Gasteiger partial charge in [-0.05, 0) is 17.9 Å². The van der Waals surface area contributed by atoms with E-state index in [1.807, 2.05) is 51.1 Å². The van der Waals surface area contributed by atoms with Gasteiger partial charge in [-0.3, -0.25) is 14.5 Å². The number of hydrogen-bond donors (Lipinski definition) is 2. The van der Waals surface area contributed by atoms with Crippen molar-refractivity contribution in [1.29, 1.82) is 0 Å². The molecule has 4 amide bonds. The number of carbonyl (C=O) groups excluding carboxylic acids is 3. The molecule has 0 aliphatic carbocycles. The first-order chi connectivity index (χ1) is 10.9. The van der Waals surface area contributed by atoms with Crippen LogP contribution in [0.15, 0.2) is 30.3 Å². The van der Waals surface area contributed by atoms with Gasteiger partial charge in [-0.2, -0.15) is 0 Å². The molecule has 1 atom stereocenters. The minimum atomic E-state index is -1.09. The lowest BCUT2D eigenvalue weighted by atomic mass is 9.87. The number of rotatable bonds is 6. The normalized spacial score (nSPS) is 20.8. The van der Waals surface area contributed by atoms with E-state index in [4.69, 9.17) is 0 Å². The molecule has 0 unspecified atom stereocenters. The molecule has 0 spiro atoms. The molecule has 6 nitrogen and oxygen atoms in total. The van der Waals surface area contributed by atoms with E-state index >= 15 is 0 Å². The average molecular weight is 317 g/mol. The number of nitrogens with one attached hydrogen (secondary N) is 2. The molecule has 1 aliphatic heterocycles. The maximum atomic E-state index is 12.8. The van der Waals surface area contributed by atoms with Gasteiger partial charge in [0.2, 0.25) is 5.91 Å². The van der Waals surface area contributed by atoms with E-state index in [1.54, 1.807) is 0 Å². The molecular weight excluding hydrogens is 294 g/mol. The van der Waals surface area contributed by atoms with Crippen molar-refractivity contribution in [1.82, 2.24) is 15.5 Å². The van der Waals surface area contributed by atoms with E-state index in [9.17, 15) is 14.4 Å². The molecule has 2 N–H and O–H groups in total. The van der Waals surface area contributed by atoms with Crippen molar-refractivity contribution >= 4 is 17.8 Å². The molecule has 23 heavy (non-hydrogen) atoms. The van der Waals surface area contributed by atoms with Gasteiger partial charge in [0.05, 0.1) is 0 Å². The summed E-state index contributed by atoms with van der Waals surface area (Å²) in [6, 6.07) is 8.59. The van der Waals surface area contributed by atoms with Gasteiger partial charge in [0.1, 0.15) is 12.1 Å². The summed E-state index contributed by atoms with van der Waals surface area (Å²) in [5.74, 6) is -0.404. The van der Waals surface area contributed by atoms with Crippen LogP contribution in [0, 0.1) is 5.92 Å². The maximum absolute atomic E-state index is 12.8. The van der Waals surface area contributed by atoms with Gasteiger partial charge >= 0.3 is 6.03 Å². The highest BCUT2D eigenvalue weighted by Gasteiger charge is 2.51. The third kappa shape index (κ3) is 3.36. The molecule has 1 aliphatic rings. The van der Waals surface area contributed by atoms with Crippen molar-refractivity contribution < 1.29 is 14.4 Å². The summed E-state index contributed by atoms with van der Waals surface area (Å²) in [5.41, 5.74) is -0.359. The minimum absolute atomic E-state index is 0.258. The smallest absolute Gasteiger partial charge is 0.325 e. The standard InChI is InChI=1S/C17H23N3O3/c1-4-17(13-8-6-5-7-9-13)15(22)20(16(23)19-17)11-14(21)18-10-12(2)3/h5-9,12H,4,10-11H2,1-3H3,(H,18,21)(H,19,23)/t17-/m1/s1. The molecule has 0 radical (unpaired) electrons. The van der Waals surface area contributed by atoms with Gasteiger partial charge in [-0.25, -0.2) is 4.79 Å². The van der Waals surface area contributed by atoms with E-state index in [1.165, 1.54) is 0 Å². The summed E-state index contributed by atoms with van der Waals surface area (Å²) in [4.78, 5) is 38.0. The molecule has 1 aromatic carbocycles. The van der Waals surface area contributed by atoms with Crippen LogP contribution in [0.4, 0.5) is 4.79 Å². The number of carbonyl (C=O) groups is 3. The van der Waals surface area contributed by atoms with Crippen molar-refractivity contribution in [2.45, 2.75) is 32.7 Å². The van der Waals surface area contributed by atoms with E-state index < -0.39 is 11.6 Å². The third-order valence-electron chi connectivity index (χ3n) is 3.98. The Bertz CT molecular complexity index is 600. The van der Waals surface area contributed by atoms with Crippen molar-refractivity contribution in [2.24, 2.45) is 5.92 Å². The lowest BCUT2D eigenvalue weighted by Gasteiger charge is -2.25. The zero-order valence-corrected chi connectivity index (χ0v) is 13.8. The summed E-state index contributed by atoms with van der Waals surface area (Å²) >= 11 is 0. The van der Waals surface area contributed by atoms with Crippen LogP contribution < -0.4 is 10.6 Å². The summed E-state index contributed by atoms with van der Waals surface area (Å²) in [5, 5.41) is 5.48. The van der Waals surface area contributed by atoms with Crippen molar-refractivity contribution in [3.05, 3.63) is 35.9 Å². The second kappa shape index (κ2) is 6.81. The molecule has 1 saturated heterocycles. The zero-order chi connectivity index (χ0) is 17.0. The monoisotopic (exact) mass is 317 g/mol. The highest BCUT2D eigenvalue weighted by Crippen LogP contribution is 2.32. The number of nitrogens with zero attached hydrogens (tertiary/aromatic N) is 1. The topological polar surface area (TPSA) is 78.5 Å². The molecule has 124 valence electrons. The first kappa shape index (κ1) is 17.0. The van der Waals surface area contributed by atoms with Gasteiger partial charge in [-0.1, -0.05) is 51.1 Å². The lowest BCUT2D eigenvalue weighted by molar-refractivity contribution is -0.135. The number of urea groups is 1. The number of benzene rings is 1. The zero-order valence-electron chi connectivity index (χ0n) is 13.8.